The van der Waals surface area contributed by atoms with Gasteiger partial charge in [-0.05, 0) is 31.9 Å². The molecule has 0 saturated carbocycles. The van der Waals surface area contributed by atoms with E-state index < -0.39 is 0 Å². The van der Waals surface area contributed by atoms with Gasteiger partial charge in [-0.1, -0.05) is 18.2 Å². The Labute approximate surface area is 79.4 Å². The Bertz CT molecular complexity index is 305. The number of para-hydroxylation sites is 1. The molecule has 2 heteroatoms. The molecule has 1 aromatic carbocycles. The van der Waals surface area contributed by atoms with E-state index in [2.05, 4.69) is 48.7 Å². The summed E-state index contributed by atoms with van der Waals surface area (Å²) in [5, 5.41) is 6.83. The van der Waals surface area contributed by atoms with Gasteiger partial charge in [-0.2, -0.15) is 0 Å². The molecule has 2 rings (SSSR count). The Morgan fingerprint density at radius 3 is 2.85 bits per heavy atom. The highest BCUT2D eigenvalue weighted by atomic mass is 15.1. The molecule has 0 spiro atoms. The van der Waals surface area contributed by atoms with Crippen molar-refractivity contribution in [3.63, 3.8) is 0 Å². The number of hydrogen-bond acceptors (Lipinski definition) is 2. The van der Waals surface area contributed by atoms with Crippen molar-refractivity contribution in [2.45, 2.75) is 25.8 Å². The number of rotatable bonds is 0. The van der Waals surface area contributed by atoms with Crippen molar-refractivity contribution >= 4 is 5.69 Å². The van der Waals surface area contributed by atoms with Crippen LogP contribution in [-0.4, -0.2) is 12.2 Å². The van der Waals surface area contributed by atoms with E-state index >= 15 is 0 Å². The van der Waals surface area contributed by atoms with Crippen LogP contribution in [-0.2, 0) is 6.42 Å². The first-order valence-corrected chi connectivity index (χ1v) is 4.74. The smallest absolute Gasteiger partial charge is 0.0657 e. The first kappa shape index (κ1) is 8.57. The molecule has 0 aromatic heterocycles. The molecule has 0 aliphatic carbocycles. The fraction of sp³-hybridized carbons (Fsp3) is 0.455. The van der Waals surface area contributed by atoms with Gasteiger partial charge in [-0.3, -0.25) is 5.32 Å². The molecule has 0 fully saturated rings. The summed E-state index contributed by atoms with van der Waals surface area (Å²) in [6.07, 6.45) is 1.08. The molecule has 2 nitrogen and oxygen atoms in total. The molecule has 13 heavy (non-hydrogen) atoms. The van der Waals surface area contributed by atoms with Crippen LogP contribution in [0.3, 0.4) is 0 Å². The topological polar surface area (TPSA) is 24.1 Å². The van der Waals surface area contributed by atoms with E-state index in [1.165, 1.54) is 11.3 Å². The molecule has 1 heterocycles. The van der Waals surface area contributed by atoms with Crippen molar-refractivity contribution in [3.8, 4) is 0 Å². The summed E-state index contributed by atoms with van der Waals surface area (Å²) < 4.78 is 0. The Kier molecular flexibility index (Phi) is 2.00. The largest absolute Gasteiger partial charge is 0.372 e. The van der Waals surface area contributed by atoms with Gasteiger partial charge in [-0.25, -0.2) is 0 Å². The van der Waals surface area contributed by atoms with E-state index in [4.69, 9.17) is 0 Å². The summed E-state index contributed by atoms with van der Waals surface area (Å²) in [6, 6.07) is 8.50. The second-order valence-electron chi connectivity index (χ2n) is 4.25. The number of benzene rings is 1. The molecule has 0 bridgehead atoms. The summed E-state index contributed by atoms with van der Waals surface area (Å²) in [6.45, 7) is 5.32. The molecule has 2 N–H and O–H groups in total. The third-order valence-electron chi connectivity index (χ3n) is 2.50. The minimum absolute atomic E-state index is 0.194. The maximum absolute atomic E-state index is 3.46. The van der Waals surface area contributed by atoms with Crippen LogP contribution in [0.2, 0.25) is 0 Å². The van der Waals surface area contributed by atoms with E-state index in [1.54, 1.807) is 0 Å². The van der Waals surface area contributed by atoms with Crippen LogP contribution >= 0.6 is 0 Å². The minimum atomic E-state index is 0.194. The van der Waals surface area contributed by atoms with Gasteiger partial charge in [0, 0.05) is 11.2 Å². The molecule has 1 aromatic rings. The zero-order valence-electron chi connectivity index (χ0n) is 8.22. The number of anilines is 1. The summed E-state index contributed by atoms with van der Waals surface area (Å²) >= 11 is 0. The maximum atomic E-state index is 3.46. The van der Waals surface area contributed by atoms with Crippen LogP contribution in [0.25, 0.3) is 0 Å². The number of hydrogen-bond donors (Lipinski definition) is 2. The predicted octanol–water partition coefficient (Wildman–Crippen LogP) is 1.98. The highest BCUT2D eigenvalue weighted by Gasteiger charge is 2.21. The lowest BCUT2D eigenvalue weighted by molar-refractivity contribution is 0.407. The number of nitrogens with one attached hydrogen (secondary N) is 2. The molecule has 0 unspecified atom stereocenters. The fourth-order valence-electron chi connectivity index (χ4n) is 1.76. The van der Waals surface area contributed by atoms with Crippen molar-refractivity contribution < 1.29 is 0 Å². The maximum Gasteiger partial charge on any atom is 0.0657 e. The Morgan fingerprint density at radius 1 is 1.23 bits per heavy atom. The van der Waals surface area contributed by atoms with Crippen LogP contribution < -0.4 is 10.6 Å². The molecule has 0 saturated heterocycles. The summed E-state index contributed by atoms with van der Waals surface area (Å²) in [4.78, 5) is 0. The summed E-state index contributed by atoms with van der Waals surface area (Å²) in [7, 11) is 0. The second kappa shape index (κ2) is 3.04. The lowest BCUT2D eigenvalue weighted by Crippen LogP contribution is -2.41. The minimum Gasteiger partial charge on any atom is -0.372 e. The monoisotopic (exact) mass is 176 g/mol. The predicted molar refractivity (Wildman–Crippen MR) is 55.9 cm³/mol. The first-order chi connectivity index (χ1) is 6.17. The normalized spacial score (nSPS) is 19.8. The van der Waals surface area contributed by atoms with Crippen molar-refractivity contribution in [2.24, 2.45) is 0 Å². The third-order valence-corrected chi connectivity index (χ3v) is 2.50. The molecule has 0 amide bonds. The Balaban J connectivity index is 2.34. The van der Waals surface area contributed by atoms with E-state index in [0.29, 0.717) is 0 Å². The van der Waals surface area contributed by atoms with E-state index in [1.807, 2.05) is 0 Å². The van der Waals surface area contributed by atoms with Crippen LogP contribution in [0, 0.1) is 0 Å². The third kappa shape index (κ3) is 1.83. The second-order valence-corrected chi connectivity index (χ2v) is 4.25. The average Bonchev–Trinajstić information content (AvgIpc) is 2.21. The van der Waals surface area contributed by atoms with Gasteiger partial charge >= 0.3 is 0 Å². The summed E-state index contributed by atoms with van der Waals surface area (Å²) in [5.41, 5.74) is 2.86. The quantitative estimate of drug-likeness (QED) is 0.631. The van der Waals surface area contributed by atoms with E-state index in [9.17, 15) is 0 Å². The first-order valence-electron chi connectivity index (χ1n) is 4.74. The molecule has 1 aliphatic rings. The SMILES string of the molecule is CC1(C)Cc2ccccc2NCN1. The highest BCUT2D eigenvalue weighted by Crippen LogP contribution is 2.22. The van der Waals surface area contributed by atoms with E-state index in [-0.39, 0.29) is 5.54 Å². The van der Waals surface area contributed by atoms with Crippen molar-refractivity contribution in [1.82, 2.24) is 5.32 Å². The van der Waals surface area contributed by atoms with Gasteiger partial charge in [0.15, 0.2) is 0 Å². The standard InChI is InChI=1S/C11H16N2/c1-11(2)7-9-5-3-4-6-10(9)12-8-13-11/h3-6,12-13H,7-8H2,1-2H3. The molecule has 70 valence electrons. The van der Waals surface area contributed by atoms with Gasteiger partial charge in [-0.15, -0.1) is 0 Å². The fourth-order valence-corrected chi connectivity index (χ4v) is 1.76. The lowest BCUT2D eigenvalue weighted by Gasteiger charge is -2.23. The van der Waals surface area contributed by atoms with Gasteiger partial charge in [0.05, 0.1) is 6.67 Å². The van der Waals surface area contributed by atoms with E-state index in [0.717, 1.165) is 13.1 Å². The Morgan fingerprint density at radius 2 is 2.00 bits per heavy atom. The van der Waals surface area contributed by atoms with Crippen molar-refractivity contribution in [1.29, 1.82) is 0 Å². The molecule has 1 aliphatic heterocycles. The van der Waals surface area contributed by atoms with Crippen LogP contribution in [0.5, 0.6) is 0 Å². The molecular weight excluding hydrogens is 160 g/mol. The number of fused-ring (bicyclic) bond motifs is 1. The van der Waals surface area contributed by atoms with Gasteiger partial charge in [0.2, 0.25) is 0 Å². The van der Waals surface area contributed by atoms with Gasteiger partial charge < -0.3 is 5.32 Å². The van der Waals surface area contributed by atoms with Crippen LogP contribution in [0.15, 0.2) is 24.3 Å². The van der Waals surface area contributed by atoms with Crippen molar-refractivity contribution in [3.05, 3.63) is 29.8 Å². The van der Waals surface area contributed by atoms with Gasteiger partial charge in [0.25, 0.3) is 0 Å². The lowest BCUT2D eigenvalue weighted by atomic mass is 9.95. The van der Waals surface area contributed by atoms with Crippen LogP contribution in [0.4, 0.5) is 5.69 Å². The van der Waals surface area contributed by atoms with Crippen molar-refractivity contribution in [2.75, 3.05) is 12.0 Å². The molecule has 0 radical (unpaired) electrons. The highest BCUT2D eigenvalue weighted by molar-refractivity contribution is 5.52. The van der Waals surface area contributed by atoms with Gasteiger partial charge in [0.1, 0.15) is 0 Å². The van der Waals surface area contributed by atoms with Crippen LogP contribution in [0.1, 0.15) is 19.4 Å². The Hall–Kier alpha value is -1.02. The zero-order chi connectivity index (χ0) is 9.31. The summed E-state index contributed by atoms with van der Waals surface area (Å²) in [5.74, 6) is 0. The molecular formula is C11H16N2. The zero-order valence-corrected chi connectivity index (χ0v) is 8.22. The average molecular weight is 176 g/mol. The molecule has 0 atom stereocenters.